The van der Waals surface area contributed by atoms with Crippen LogP contribution in [-0.4, -0.2) is 46.0 Å². The Morgan fingerprint density at radius 1 is 1.35 bits per heavy atom. The molecule has 1 N–H and O–H groups in total. The Morgan fingerprint density at radius 3 is 2.43 bits per heavy atom. The molecule has 0 aromatic carbocycles. The molecule has 0 radical (unpaired) electrons. The lowest BCUT2D eigenvalue weighted by Gasteiger charge is -2.34. The van der Waals surface area contributed by atoms with E-state index in [0.717, 1.165) is 18.5 Å². The van der Waals surface area contributed by atoms with Crippen LogP contribution in [0.3, 0.4) is 0 Å². The molecule has 0 bridgehead atoms. The van der Waals surface area contributed by atoms with Crippen LogP contribution in [0, 0.1) is 5.41 Å². The van der Waals surface area contributed by atoms with Gasteiger partial charge in [0.05, 0.1) is 12.9 Å². The van der Waals surface area contributed by atoms with Gasteiger partial charge >= 0.3 is 6.03 Å². The molecule has 130 valence electrons. The topological polar surface area (TPSA) is 50.2 Å². The average molecular weight is 328 g/mol. The number of aryl methyl sites for hydroxylation is 1. The molecule has 1 fully saturated rings. The Bertz CT molecular complexity index is 543. The summed E-state index contributed by atoms with van der Waals surface area (Å²) in [7, 11) is 1.95. The van der Waals surface area contributed by atoms with Crippen molar-refractivity contribution >= 4 is 6.03 Å². The van der Waals surface area contributed by atoms with Crippen molar-refractivity contribution in [3.05, 3.63) is 18.2 Å². The van der Waals surface area contributed by atoms with Gasteiger partial charge in [-0.25, -0.2) is 18.6 Å². The van der Waals surface area contributed by atoms with Crippen LogP contribution in [-0.2, 0) is 7.05 Å². The quantitative estimate of drug-likeness (QED) is 0.927. The predicted molar refractivity (Wildman–Crippen MR) is 84.6 cm³/mol. The van der Waals surface area contributed by atoms with E-state index in [1.807, 2.05) is 17.8 Å². The minimum absolute atomic E-state index is 0.363. The summed E-state index contributed by atoms with van der Waals surface area (Å²) in [6.07, 6.45) is 5.26. The van der Waals surface area contributed by atoms with Gasteiger partial charge in [0.25, 0.3) is 5.92 Å². The molecule has 0 atom stereocenters. The highest BCUT2D eigenvalue weighted by molar-refractivity contribution is 5.74. The normalized spacial score (nSPS) is 17.4. The van der Waals surface area contributed by atoms with Gasteiger partial charge in [0.2, 0.25) is 0 Å². The first-order chi connectivity index (χ1) is 10.6. The molecule has 0 spiro atoms. The van der Waals surface area contributed by atoms with Crippen molar-refractivity contribution in [1.29, 1.82) is 0 Å². The smallest absolute Gasteiger partial charge is 0.317 e. The third-order valence-electron chi connectivity index (χ3n) is 4.61. The van der Waals surface area contributed by atoms with Crippen molar-refractivity contribution in [2.45, 2.75) is 45.5 Å². The molecule has 7 heteroatoms. The zero-order valence-electron chi connectivity index (χ0n) is 14.3. The van der Waals surface area contributed by atoms with Crippen LogP contribution in [0.4, 0.5) is 13.6 Å². The van der Waals surface area contributed by atoms with Gasteiger partial charge in [-0.15, -0.1) is 0 Å². The molecule has 0 saturated carbocycles. The van der Waals surface area contributed by atoms with E-state index in [-0.39, 0.29) is 0 Å². The number of urea groups is 1. The lowest BCUT2D eigenvalue weighted by Crippen LogP contribution is -2.50. The van der Waals surface area contributed by atoms with Gasteiger partial charge in [0, 0.05) is 43.4 Å². The summed E-state index contributed by atoms with van der Waals surface area (Å²) in [6, 6.07) is -0.405. The number of halogens is 2. The number of likely N-dealkylation sites (tertiary alicyclic amines) is 1. The fourth-order valence-electron chi connectivity index (χ4n) is 2.70. The van der Waals surface area contributed by atoms with E-state index in [2.05, 4.69) is 10.3 Å². The second-order valence-electron chi connectivity index (χ2n) is 7.30. The number of amides is 2. The number of piperidine rings is 1. The molecule has 2 rings (SSSR count). The summed E-state index contributed by atoms with van der Waals surface area (Å²) in [4.78, 5) is 17.8. The van der Waals surface area contributed by atoms with Crippen molar-refractivity contribution in [2.75, 3.05) is 19.6 Å². The van der Waals surface area contributed by atoms with Gasteiger partial charge in [0.15, 0.2) is 0 Å². The van der Waals surface area contributed by atoms with Crippen LogP contribution in [0.25, 0.3) is 0 Å². The van der Waals surface area contributed by atoms with Crippen molar-refractivity contribution in [3.8, 4) is 0 Å². The van der Waals surface area contributed by atoms with Gasteiger partial charge in [-0.3, -0.25) is 0 Å². The van der Waals surface area contributed by atoms with E-state index >= 15 is 0 Å². The standard InChI is InChI=1S/C16H26F2N4O/c1-15(2,3)16(17,18)10-20-14(23)22-7-5-12(6-8-22)13-9-19-11-21(13)4/h9,11-12H,5-8,10H2,1-4H3,(H,20,23). The molecule has 1 aliphatic rings. The predicted octanol–water partition coefficient (Wildman–Crippen LogP) is 2.99. The van der Waals surface area contributed by atoms with E-state index in [1.54, 1.807) is 11.2 Å². The number of aromatic nitrogens is 2. The highest BCUT2D eigenvalue weighted by atomic mass is 19.3. The van der Waals surface area contributed by atoms with Crippen LogP contribution in [0.2, 0.25) is 0 Å². The van der Waals surface area contributed by atoms with Gasteiger partial charge < -0.3 is 14.8 Å². The molecule has 0 aliphatic carbocycles. The third kappa shape index (κ3) is 4.00. The van der Waals surface area contributed by atoms with Gasteiger partial charge in [-0.2, -0.15) is 0 Å². The first-order valence-electron chi connectivity index (χ1n) is 7.98. The molecule has 0 unspecified atom stereocenters. The molecular formula is C16H26F2N4O. The summed E-state index contributed by atoms with van der Waals surface area (Å²) >= 11 is 0. The van der Waals surface area contributed by atoms with Gasteiger partial charge in [-0.05, 0) is 12.8 Å². The van der Waals surface area contributed by atoms with Gasteiger partial charge in [0.1, 0.15) is 0 Å². The van der Waals surface area contributed by atoms with Crippen molar-refractivity contribution < 1.29 is 13.6 Å². The first-order valence-corrected chi connectivity index (χ1v) is 7.98. The Labute approximate surface area is 136 Å². The minimum Gasteiger partial charge on any atom is -0.337 e. The molecular weight excluding hydrogens is 302 g/mol. The lowest BCUT2D eigenvalue weighted by molar-refractivity contribution is -0.0917. The monoisotopic (exact) mass is 328 g/mol. The largest absolute Gasteiger partial charge is 0.337 e. The van der Waals surface area contributed by atoms with E-state index in [1.165, 1.54) is 20.8 Å². The summed E-state index contributed by atoms with van der Waals surface area (Å²) in [5, 5.41) is 2.38. The highest BCUT2D eigenvalue weighted by Gasteiger charge is 2.43. The zero-order valence-corrected chi connectivity index (χ0v) is 14.3. The minimum atomic E-state index is -2.93. The molecule has 5 nitrogen and oxygen atoms in total. The second kappa shape index (κ2) is 6.45. The molecule has 23 heavy (non-hydrogen) atoms. The SMILES string of the molecule is Cn1cncc1C1CCN(C(=O)NCC(F)(F)C(C)(C)C)CC1. The molecule has 1 aromatic heterocycles. The molecule has 2 heterocycles. The number of nitrogens with zero attached hydrogens (tertiary/aromatic N) is 3. The molecule has 1 aromatic rings. The number of hydrogen-bond donors (Lipinski definition) is 1. The third-order valence-corrected chi connectivity index (χ3v) is 4.61. The molecule has 2 amide bonds. The maximum absolute atomic E-state index is 13.9. The van der Waals surface area contributed by atoms with E-state index in [4.69, 9.17) is 0 Å². The average Bonchev–Trinajstić information content (AvgIpc) is 2.90. The highest BCUT2D eigenvalue weighted by Crippen LogP contribution is 2.35. The van der Waals surface area contributed by atoms with Crippen LogP contribution in [0.15, 0.2) is 12.5 Å². The van der Waals surface area contributed by atoms with Crippen molar-refractivity contribution in [1.82, 2.24) is 19.8 Å². The summed E-state index contributed by atoms with van der Waals surface area (Å²) in [6.45, 7) is 4.93. The fourth-order valence-corrected chi connectivity index (χ4v) is 2.70. The number of hydrogen-bond acceptors (Lipinski definition) is 2. The number of carbonyl (C=O) groups excluding carboxylic acids is 1. The van der Waals surface area contributed by atoms with Crippen LogP contribution >= 0.6 is 0 Å². The van der Waals surface area contributed by atoms with Crippen LogP contribution < -0.4 is 5.32 Å². The summed E-state index contributed by atoms with van der Waals surface area (Å²) < 4.78 is 29.8. The number of imidazole rings is 1. The van der Waals surface area contributed by atoms with Crippen molar-refractivity contribution in [3.63, 3.8) is 0 Å². The maximum Gasteiger partial charge on any atom is 0.317 e. The Morgan fingerprint density at radius 2 is 1.96 bits per heavy atom. The van der Waals surface area contributed by atoms with Crippen molar-refractivity contribution in [2.24, 2.45) is 12.5 Å². The lowest BCUT2D eigenvalue weighted by atomic mass is 9.88. The molecule has 1 saturated heterocycles. The van der Waals surface area contributed by atoms with E-state index in [9.17, 15) is 13.6 Å². The van der Waals surface area contributed by atoms with E-state index in [0.29, 0.717) is 19.0 Å². The molecule has 1 aliphatic heterocycles. The second-order valence-corrected chi connectivity index (χ2v) is 7.30. The number of nitrogens with one attached hydrogen (secondary N) is 1. The number of rotatable bonds is 3. The van der Waals surface area contributed by atoms with E-state index < -0.39 is 23.9 Å². The summed E-state index contributed by atoms with van der Waals surface area (Å²) in [5.74, 6) is -2.57. The number of carbonyl (C=O) groups is 1. The Kier molecular flexibility index (Phi) is 4.96. The van der Waals surface area contributed by atoms with Crippen LogP contribution in [0.5, 0.6) is 0 Å². The Hall–Kier alpha value is -1.66. The summed E-state index contributed by atoms with van der Waals surface area (Å²) in [5.41, 5.74) is -0.0170. The first kappa shape index (κ1) is 17.7. The zero-order chi connectivity index (χ0) is 17.3. The Balaban J connectivity index is 1.83. The fraction of sp³-hybridized carbons (Fsp3) is 0.750. The van der Waals surface area contributed by atoms with Gasteiger partial charge in [-0.1, -0.05) is 20.8 Å². The maximum atomic E-state index is 13.9. The van der Waals surface area contributed by atoms with Crippen LogP contribution in [0.1, 0.15) is 45.2 Å². The number of alkyl halides is 2.